The van der Waals surface area contributed by atoms with Gasteiger partial charge in [-0.3, -0.25) is 9.59 Å². The molecular weight excluding hydrogens is 607 g/mol. The number of halogens is 1. The number of piperidine rings is 2. The number of pyridine rings is 1. The van der Waals surface area contributed by atoms with E-state index >= 15 is 0 Å². The number of nitrogens with zero attached hydrogens (tertiary/aromatic N) is 5. The van der Waals surface area contributed by atoms with E-state index in [2.05, 4.69) is 35.8 Å². The lowest BCUT2D eigenvalue weighted by atomic mass is 9.84. The zero-order valence-electron chi connectivity index (χ0n) is 27.9. The normalized spacial score (nSPS) is 25.7. The molecule has 1 aromatic carbocycles. The van der Waals surface area contributed by atoms with E-state index in [0.717, 1.165) is 74.2 Å². The molecule has 2 amide bonds. The Hall–Kier alpha value is -3.76. The number of para-hydroxylation sites is 1. The van der Waals surface area contributed by atoms with Crippen molar-refractivity contribution in [2.75, 3.05) is 26.2 Å². The number of carbonyl (C=O) groups is 2. The predicted molar refractivity (Wildman–Crippen MR) is 183 cm³/mol. The van der Waals surface area contributed by atoms with E-state index in [1.165, 1.54) is 34.2 Å². The first-order chi connectivity index (χ1) is 23.2. The Morgan fingerprint density at radius 2 is 1.81 bits per heavy atom. The fourth-order valence-corrected chi connectivity index (χ4v) is 8.65. The molecule has 4 atom stereocenters. The molecule has 10 heteroatoms. The van der Waals surface area contributed by atoms with Gasteiger partial charge in [0.05, 0.1) is 34.9 Å². The van der Waals surface area contributed by atoms with Gasteiger partial charge in [0.2, 0.25) is 5.91 Å². The van der Waals surface area contributed by atoms with Crippen LogP contribution in [-0.4, -0.2) is 85.4 Å². The first kappa shape index (κ1) is 31.5. The minimum Gasteiger partial charge on any atom is -0.393 e. The topological polar surface area (TPSA) is 109 Å². The molecule has 3 aromatic heterocycles. The van der Waals surface area contributed by atoms with Gasteiger partial charge >= 0.3 is 0 Å². The summed E-state index contributed by atoms with van der Waals surface area (Å²) in [5.74, 6) is 0.969. The number of aromatic nitrogens is 3. The van der Waals surface area contributed by atoms with Gasteiger partial charge < -0.3 is 25.2 Å². The number of aliphatic hydroxyl groups excluding tert-OH is 1. The maximum atomic E-state index is 14.2. The van der Waals surface area contributed by atoms with E-state index in [9.17, 15) is 19.1 Å². The van der Waals surface area contributed by atoms with Gasteiger partial charge in [0.25, 0.3) is 5.91 Å². The van der Waals surface area contributed by atoms with Crippen molar-refractivity contribution in [2.24, 2.45) is 17.6 Å². The van der Waals surface area contributed by atoms with Crippen molar-refractivity contribution in [3.05, 3.63) is 59.3 Å². The van der Waals surface area contributed by atoms with Gasteiger partial charge in [0, 0.05) is 55.3 Å². The zero-order chi connectivity index (χ0) is 33.1. The van der Waals surface area contributed by atoms with Crippen LogP contribution in [-0.2, 0) is 11.3 Å². The molecule has 5 heterocycles. The molecule has 0 spiro atoms. The molecule has 48 heavy (non-hydrogen) atoms. The average Bonchev–Trinajstić information content (AvgIpc) is 3.75. The predicted octanol–water partition coefficient (Wildman–Crippen LogP) is 5.44. The Bertz CT molecular complexity index is 1840. The number of alkyl halides is 1. The summed E-state index contributed by atoms with van der Waals surface area (Å²) in [7, 11) is 0. The number of hydrogen-bond acceptors (Lipinski definition) is 5. The highest BCUT2D eigenvalue weighted by atomic mass is 19.1. The van der Waals surface area contributed by atoms with E-state index < -0.39 is 6.17 Å². The minimum absolute atomic E-state index is 0.0412. The average molecular weight is 655 g/mol. The molecule has 4 aromatic rings. The van der Waals surface area contributed by atoms with E-state index in [1.807, 2.05) is 17.0 Å². The number of aliphatic hydroxyl groups is 1. The second-order valence-electron chi connectivity index (χ2n) is 15.0. The number of amides is 2. The lowest BCUT2D eigenvalue weighted by Crippen LogP contribution is -2.50. The summed E-state index contributed by atoms with van der Waals surface area (Å²) in [6.07, 6.45) is 8.14. The van der Waals surface area contributed by atoms with Gasteiger partial charge in [-0.05, 0) is 93.9 Å². The van der Waals surface area contributed by atoms with Crippen molar-refractivity contribution in [3.8, 4) is 11.4 Å². The fraction of sp³-hybridized carbons (Fsp3) is 0.553. The number of nitrogens with two attached hydrogens (primary N) is 1. The standard InChI is InChI=1S/C38H47FN6O3/c1-23-33-11-10-28(38(48)43-21-29(39)18-30(40)22-43)20-45(33)41-35(23)34-17-26-4-3-7-32(36(26)44(34)19-24-8-9-24)25-12-14-42(15-13-25)37(47)27-5-2-6-31(46)16-27/h3-4,7,10-11,17,20,24-25,27,29-31,46H,2,5-6,8-9,12-16,18-19,21-22,40H2,1H3/t27-,29-,30-,31+/m1/s1. The third-order valence-electron chi connectivity index (χ3n) is 11.4. The zero-order valence-corrected chi connectivity index (χ0v) is 27.9. The third-order valence-corrected chi connectivity index (χ3v) is 11.4. The molecule has 254 valence electrons. The molecule has 2 saturated heterocycles. The molecule has 3 N–H and O–H groups in total. The maximum Gasteiger partial charge on any atom is 0.255 e. The summed E-state index contributed by atoms with van der Waals surface area (Å²) < 4.78 is 18.5. The van der Waals surface area contributed by atoms with Crippen LogP contribution in [0.1, 0.15) is 85.2 Å². The van der Waals surface area contributed by atoms with Gasteiger partial charge in [-0.25, -0.2) is 8.91 Å². The van der Waals surface area contributed by atoms with E-state index in [-0.39, 0.29) is 42.8 Å². The number of carbonyl (C=O) groups excluding carboxylic acids is 2. The molecule has 4 aliphatic rings. The van der Waals surface area contributed by atoms with Gasteiger partial charge in [-0.2, -0.15) is 5.10 Å². The summed E-state index contributed by atoms with van der Waals surface area (Å²) in [5, 5.41) is 16.4. The van der Waals surface area contributed by atoms with Crippen LogP contribution in [0.25, 0.3) is 27.8 Å². The minimum atomic E-state index is -1.11. The summed E-state index contributed by atoms with van der Waals surface area (Å²) in [4.78, 5) is 30.3. The van der Waals surface area contributed by atoms with E-state index in [0.29, 0.717) is 30.4 Å². The van der Waals surface area contributed by atoms with Crippen LogP contribution in [0.4, 0.5) is 4.39 Å². The van der Waals surface area contributed by atoms with Crippen molar-refractivity contribution in [1.29, 1.82) is 0 Å². The summed E-state index contributed by atoms with van der Waals surface area (Å²) in [6, 6.07) is 12.3. The summed E-state index contributed by atoms with van der Waals surface area (Å²) >= 11 is 0. The molecule has 0 radical (unpaired) electrons. The Labute approximate surface area is 280 Å². The monoisotopic (exact) mass is 654 g/mol. The smallest absolute Gasteiger partial charge is 0.255 e. The van der Waals surface area contributed by atoms with Crippen molar-refractivity contribution in [1.82, 2.24) is 24.0 Å². The van der Waals surface area contributed by atoms with Crippen LogP contribution < -0.4 is 5.73 Å². The molecule has 0 unspecified atom stereocenters. The molecule has 8 rings (SSSR count). The molecule has 9 nitrogen and oxygen atoms in total. The van der Waals surface area contributed by atoms with Crippen LogP contribution in [0, 0.1) is 18.8 Å². The number of rotatable bonds is 6. The van der Waals surface area contributed by atoms with Gasteiger partial charge in [0.15, 0.2) is 0 Å². The Morgan fingerprint density at radius 3 is 2.56 bits per heavy atom. The largest absolute Gasteiger partial charge is 0.393 e. The van der Waals surface area contributed by atoms with Crippen molar-refractivity contribution in [3.63, 3.8) is 0 Å². The molecule has 0 bridgehead atoms. The van der Waals surface area contributed by atoms with Crippen molar-refractivity contribution >= 4 is 28.2 Å². The highest BCUT2D eigenvalue weighted by Gasteiger charge is 2.34. The number of benzene rings is 1. The second kappa shape index (κ2) is 12.6. The first-order valence-electron chi connectivity index (χ1n) is 18.0. The maximum absolute atomic E-state index is 14.2. The van der Waals surface area contributed by atoms with Gasteiger partial charge in [-0.15, -0.1) is 0 Å². The Kier molecular flexibility index (Phi) is 8.27. The number of likely N-dealkylation sites (tertiary alicyclic amines) is 2. The molecular formula is C38H47FN6O3. The Balaban J connectivity index is 1.10. The van der Waals surface area contributed by atoms with Crippen LogP contribution in [0.2, 0.25) is 0 Å². The van der Waals surface area contributed by atoms with Crippen LogP contribution in [0.15, 0.2) is 42.6 Å². The Morgan fingerprint density at radius 1 is 1.00 bits per heavy atom. The van der Waals surface area contributed by atoms with Gasteiger partial charge in [0.1, 0.15) is 11.9 Å². The number of hydrogen-bond donors (Lipinski definition) is 2. The van der Waals surface area contributed by atoms with Crippen LogP contribution >= 0.6 is 0 Å². The highest BCUT2D eigenvalue weighted by Crippen LogP contribution is 2.41. The molecule has 2 aliphatic heterocycles. The first-order valence-corrected chi connectivity index (χ1v) is 18.0. The highest BCUT2D eigenvalue weighted by molar-refractivity contribution is 5.95. The lowest BCUT2D eigenvalue weighted by Gasteiger charge is -2.36. The SMILES string of the molecule is Cc1c(-c2cc3cccc(C4CCN(C(=O)[C@@H]5CCC[C@H](O)C5)CC4)c3n2CC2CC2)nn2cc(C(=O)N3C[C@H](N)C[C@@H](F)C3)ccc12. The fourth-order valence-electron chi connectivity index (χ4n) is 8.65. The summed E-state index contributed by atoms with van der Waals surface area (Å²) in [5.41, 5.74) is 13.1. The van der Waals surface area contributed by atoms with Crippen molar-refractivity contribution in [2.45, 2.75) is 95.5 Å². The van der Waals surface area contributed by atoms with E-state index in [1.54, 1.807) is 10.7 Å². The quantitative estimate of drug-likeness (QED) is 0.288. The number of fused-ring (bicyclic) bond motifs is 2. The molecule has 2 aliphatic carbocycles. The van der Waals surface area contributed by atoms with Crippen LogP contribution in [0.5, 0.6) is 0 Å². The van der Waals surface area contributed by atoms with E-state index in [4.69, 9.17) is 10.8 Å². The van der Waals surface area contributed by atoms with Crippen LogP contribution in [0.3, 0.4) is 0 Å². The van der Waals surface area contributed by atoms with Gasteiger partial charge in [-0.1, -0.05) is 24.6 Å². The third kappa shape index (κ3) is 5.91. The molecule has 2 saturated carbocycles. The second-order valence-corrected chi connectivity index (χ2v) is 15.0. The summed E-state index contributed by atoms with van der Waals surface area (Å²) in [6.45, 7) is 4.96. The molecule has 4 fully saturated rings. The lowest BCUT2D eigenvalue weighted by molar-refractivity contribution is -0.139. The van der Waals surface area contributed by atoms with Crippen molar-refractivity contribution < 1.29 is 19.1 Å². The number of aryl methyl sites for hydroxylation is 1.